The number of hydrogen-bond acceptors (Lipinski definition) is 8. The number of carbonyl (C=O) groups is 1. The molecule has 1 saturated heterocycles. The lowest BCUT2D eigenvalue weighted by Crippen LogP contribution is -2.39. The largest absolute Gasteiger partial charge is 0.489 e. The summed E-state index contributed by atoms with van der Waals surface area (Å²) < 4.78 is 17.1. The number of thiazole rings is 1. The first-order valence-electron chi connectivity index (χ1n) is 15.9. The summed E-state index contributed by atoms with van der Waals surface area (Å²) in [5, 5.41) is 5.86. The molecular formula is C36H42N4O4S. The zero-order valence-electron chi connectivity index (χ0n) is 26.0. The van der Waals surface area contributed by atoms with Gasteiger partial charge in [0.05, 0.1) is 6.54 Å². The first-order chi connectivity index (χ1) is 22.1. The molecule has 8 nitrogen and oxygen atoms in total. The van der Waals surface area contributed by atoms with Gasteiger partial charge in [0.1, 0.15) is 23.1 Å². The van der Waals surface area contributed by atoms with Crippen LogP contribution in [0.5, 0.6) is 17.2 Å². The third kappa shape index (κ3) is 8.84. The van der Waals surface area contributed by atoms with Crippen LogP contribution in [0.1, 0.15) is 64.8 Å². The number of amides is 1. The molecule has 1 atom stereocenters. The maximum atomic E-state index is 12.9. The summed E-state index contributed by atoms with van der Waals surface area (Å²) in [4.78, 5) is 22.5. The van der Waals surface area contributed by atoms with Gasteiger partial charge >= 0.3 is 0 Å². The van der Waals surface area contributed by atoms with Gasteiger partial charge in [-0.1, -0.05) is 55.0 Å². The molecule has 1 unspecified atom stereocenters. The van der Waals surface area contributed by atoms with E-state index in [0.29, 0.717) is 44.5 Å². The Morgan fingerprint density at radius 2 is 1.78 bits per heavy atom. The fourth-order valence-electron chi connectivity index (χ4n) is 5.90. The lowest BCUT2D eigenvalue weighted by Gasteiger charge is -2.33. The third-order valence-corrected chi connectivity index (χ3v) is 9.25. The van der Waals surface area contributed by atoms with Crippen molar-refractivity contribution in [3.8, 4) is 17.2 Å². The number of likely N-dealkylation sites (tertiary alicyclic amines) is 1. The summed E-state index contributed by atoms with van der Waals surface area (Å²) in [5.41, 5.74) is 3.92. The van der Waals surface area contributed by atoms with Crippen molar-refractivity contribution in [1.29, 1.82) is 0 Å². The van der Waals surface area contributed by atoms with E-state index < -0.39 is 0 Å². The van der Waals surface area contributed by atoms with Gasteiger partial charge < -0.3 is 24.4 Å². The van der Waals surface area contributed by atoms with Crippen LogP contribution in [-0.2, 0) is 26.2 Å². The maximum absolute atomic E-state index is 12.9. The monoisotopic (exact) mass is 626 g/mol. The summed E-state index contributed by atoms with van der Waals surface area (Å²) in [5.74, 6) is 2.29. The maximum Gasteiger partial charge on any atom is 0.270 e. The van der Waals surface area contributed by atoms with Gasteiger partial charge in [0, 0.05) is 37.6 Å². The number of carbonyl (C=O) groups excluding carboxylic acids is 1. The smallest absolute Gasteiger partial charge is 0.270 e. The zero-order chi connectivity index (χ0) is 30.8. The van der Waals surface area contributed by atoms with E-state index in [0.717, 1.165) is 46.3 Å². The summed E-state index contributed by atoms with van der Waals surface area (Å²) in [7, 11) is 0. The Morgan fingerprint density at radius 3 is 2.62 bits per heavy atom. The van der Waals surface area contributed by atoms with E-state index in [1.807, 2.05) is 47.8 Å². The average Bonchev–Trinajstić information content (AvgIpc) is 3.74. The Balaban J connectivity index is 1.06. The molecule has 6 rings (SSSR count). The number of piperidine rings is 1. The van der Waals surface area contributed by atoms with Crippen LogP contribution in [0.3, 0.4) is 0 Å². The molecule has 2 aliphatic rings. The molecule has 1 aromatic heterocycles. The minimum absolute atomic E-state index is 0.0994. The van der Waals surface area contributed by atoms with Crippen molar-refractivity contribution in [1.82, 2.24) is 20.1 Å². The second-order valence-electron chi connectivity index (χ2n) is 11.9. The van der Waals surface area contributed by atoms with Gasteiger partial charge in [-0.05, 0) is 73.7 Å². The summed E-state index contributed by atoms with van der Waals surface area (Å²) >= 11 is 1.53. The van der Waals surface area contributed by atoms with Crippen molar-refractivity contribution in [3.63, 3.8) is 0 Å². The van der Waals surface area contributed by atoms with E-state index in [1.54, 1.807) is 0 Å². The van der Waals surface area contributed by atoms with Gasteiger partial charge in [0.25, 0.3) is 5.91 Å². The highest BCUT2D eigenvalue weighted by molar-refractivity contribution is 7.09. The van der Waals surface area contributed by atoms with Gasteiger partial charge in [0.2, 0.25) is 6.79 Å². The van der Waals surface area contributed by atoms with E-state index in [-0.39, 0.29) is 12.7 Å². The van der Waals surface area contributed by atoms with Crippen LogP contribution < -0.4 is 19.5 Å². The molecule has 1 N–H and O–H groups in total. The molecule has 0 aliphatic carbocycles. The van der Waals surface area contributed by atoms with E-state index in [1.165, 1.54) is 42.7 Å². The van der Waals surface area contributed by atoms with Gasteiger partial charge in [-0.2, -0.15) is 0 Å². The fourth-order valence-corrected chi connectivity index (χ4v) is 6.71. The highest BCUT2D eigenvalue weighted by Gasteiger charge is 2.19. The SMILES string of the molecule is CC1CCCCN1CCCNC(=O)c1csc(CN(Cc2ccc(OCc3ccccc3)cc2)Cc2ccc3c(c2)OCO3)n1. The average molecular weight is 627 g/mol. The van der Waals surface area contributed by atoms with Crippen molar-refractivity contribution in [2.75, 3.05) is 26.4 Å². The Hall–Kier alpha value is -3.92. The summed E-state index contributed by atoms with van der Waals surface area (Å²) in [6, 6.07) is 25.2. The van der Waals surface area contributed by atoms with Crippen LogP contribution in [0, 0.1) is 0 Å². The highest BCUT2D eigenvalue weighted by atomic mass is 32.1. The molecule has 3 heterocycles. The van der Waals surface area contributed by atoms with Crippen LogP contribution in [0.4, 0.5) is 0 Å². The molecule has 0 saturated carbocycles. The predicted octanol–water partition coefficient (Wildman–Crippen LogP) is 6.65. The molecular weight excluding hydrogens is 584 g/mol. The van der Waals surface area contributed by atoms with Crippen LogP contribution in [0.25, 0.3) is 0 Å². The molecule has 1 amide bonds. The second-order valence-corrected chi connectivity index (χ2v) is 12.8. The second kappa shape index (κ2) is 15.4. The minimum atomic E-state index is -0.0994. The Labute approximate surface area is 269 Å². The lowest BCUT2D eigenvalue weighted by molar-refractivity contribution is 0.0944. The number of hydrogen-bond donors (Lipinski definition) is 1. The minimum Gasteiger partial charge on any atom is -0.489 e. The van der Waals surface area contributed by atoms with Crippen molar-refractivity contribution in [3.05, 3.63) is 106 Å². The lowest BCUT2D eigenvalue weighted by atomic mass is 10.0. The number of nitrogens with zero attached hydrogens (tertiary/aromatic N) is 3. The van der Waals surface area contributed by atoms with Gasteiger partial charge in [-0.3, -0.25) is 9.69 Å². The number of rotatable bonds is 14. The molecule has 3 aromatic carbocycles. The summed E-state index contributed by atoms with van der Waals surface area (Å²) in [6.07, 6.45) is 4.82. The summed E-state index contributed by atoms with van der Waals surface area (Å²) in [6.45, 7) is 7.97. The van der Waals surface area contributed by atoms with Gasteiger partial charge in [-0.25, -0.2) is 4.98 Å². The van der Waals surface area contributed by atoms with Crippen molar-refractivity contribution in [2.45, 2.75) is 64.9 Å². The molecule has 236 valence electrons. The normalized spacial score (nSPS) is 16.2. The first-order valence-corrected chi connectivity index (χ1v) is 16.8. The van der Waals surface area contributed by atoms with Crippen molar-refractivity contribution >= 4 is 17.2 Å². The van der Waals surface area contributed by atoms with E-state index in [2.05, 4.69) is 52.4 Å². The quantitative estimate of drug-likeness (QED) is 0.157. The molecule has 4 aromatic rings. The number of nitrogens with one attached hydrogen (secondary N) is 1. The van der Waals surface area contributed by atoms with Crippen molar-refractivity contribution in [2.24, 2.45) is 0 Å². The molecule has 0 bridgehead atoms. The Morgan fingerprint density at radius 1 is 0.978 bits per heavy atom. The Bertz CT molecular complexity index is 1530. The predicted molar refractivity (Wildman–Crippen MR) is 177 cm³/mol. The van der Waals surface area contributed by atoms with Crippen LogP contribution in [0.15, 0.2) is 78.2 Å². The van der Waals surface area contributed by atoms with Crippen LogP contribution >= 0.6 is 11.3 Å². The van der Waals surface area contributed by atoms with E-state index >= 15 is 0 Å². The molecule has 2 aliphatic heterocycles. The molecule has 9 heteroatoms. The third-order valence-electron chi connectivity index (χ3n) is 8.41. The number of benzene rings is 3. The highest BCUT2D eigenvalue weighted by Crippen LogP contribution is 2.33. The first kappa shape index (κ1) is 31.1. The molecule has 0 spiro atoms. The van der Waals surface area contributed by atoms with E-state index in [9.17, 15) is 4.79 Å². The number of ether oxygens (including phenoxy) is 3. The standard InChI is InChI=1S/C36H42N4O4S/c1-27-8-5-6-18-40(27)19-7-17-37-36(41)32-25-45-35(38-32)23-39(22-30-13-16-33-34(20-30)44-26-43-33)21-28-11-14-31(15-12-28)42-24-29-9-3-2-4-10-29/h2-4,9-16,20,25,27H,5-8,17-19,21-24,26H2,1H3,(H,37,41). The molecule has 45 heavy (non-hydrogen) atoms. The van der Waals surface area contributed by atoms with Gasteiger partial charge in [0.15, 0.2) is 11.5 Å². The van der Waals surface area contributed by atoms with Crippen molar-refractivity contribution < 1.29 is 19.0 Å². The number of aromatic nitrogens is 1. The van der Waals surface area contributed by atoms with Gasteiger partial charge in [-0.15, -0.1) is 11.3 Å². The van der Waals surface area contributed by atoms with Crippen LogP contribution in [0.2, 0.25) is 0 Å². The van der Waals surface area contributed by atoms with Crippen LogP contribution in [-0.4, -0.2) is 53.2 Å². The molecule has 1 fully saturated rings. The topological polar surface area (TPSA) is 76.2 Å². The Kier molecular flexibility index (Phi) is 10.6. The zero-order valence-corrected chi connectivity index (χ0v) is 26.8. The van der Waals surface area contributed by atoms with E-state index in [4.69, 9.17) is 19.2 Å². The molecule has 0 radical (unpaired) electrons. The number of fused-ring (bicyclic) bond motifs is 1. The fraction of sp³-hybridized carbons (Fsp3) is 0.389.